The van der Waals surface area contributed by atoms with E-state index in [0.29, 0.717) is 30.1 Å². The van der Waals surface area contributed by atoms with Gasteiger partial charge in [-0.05, 0) is 17.0 Å². The molecule has 4 rings (SSSR count). The maximum atomic E-state index is 8.95. The molecule has 0 spiro atoms. The van der Waals surface area contributed by atoms with Gasteiger partial charge >= 0.3 is 0 Å². The molecule has 28 heavy (non-hydrogen) atoms. The Morgan fingerprint density at radius 3 is 3.18 bits per heavy atom. The molecule has 0 bridgehead atoms. The molecule has 0 radical (unpaired) electrons. The highest BCUT2D eigenvalue weighted by molar-refractivity contribution is 7.16. The summed E-state index contributed by atoms with van der Waals surface area (Å²) in [6.07, 6.45) is 6.87. The quantitative estimate of drug-likeness (QED) is 0.361. The molecule has 0 saturated carbocycles. The van der Waals surface area contributed by atoms with Gasteiger partial charge in [-0.25, -0.2) is 19.6 Å². The number of aliphatic hydroxyl groups excluding tert-OH is 1. The number of nitrogens with one attached hydrogen (secondary N) is 1. The van der Waals surface area contributed by atoms with E-state index in [-0.39, 0.29) is 6.61 Å². The molecule has 9 nitrogen and oxygen atoms in total. The monoisotopic (exact) mass is 394 g/mol. The van der Waals surface area contributed by atoms with Gasteiger partial charge in [0.1, 0.15) is 4.83 Å². The average molecular weight is 394 g/mol. The topological polar surface area (TPSA) is 114 Å². The van der Waals surface area contributed by atoms with Crippen molar-refractivity contribution in [3.8, 4) is 0 Å². The van der Waals surface area contributed by atoms with Crippen LogP contribution in [0, 0.1) is 0 Å². The number of rotatable bonds is 7. The van der Waals surface area contributed by atoms with Crippen LogP contribution in [0.15, 0.2) is 41.1 Å². The van der Waals surface area contributed by atoms with E-state index in [0.717, 1.165) is 21.4 Å². The van der Waals surface area contributed by atoms with Crippen molar-refractivity contribution in [2.45, 2.75) is 6.54 Å². The molecule has 4 heterocycles. The van der Waals surface area contributed by atoms with Crippen molar-refractivity contribution in [3.63, 3.8) is 0 Å². The third kappa shape index (κ3) is 3.59. The lowest BCUT2D eigenvalue weighted by molar-refractivity contribution is 0.298. The van der Waals surface area contributed by atoms with Crippen molar-refractivity contribution in [2.24, 2.45) is 4.99 Å². The molecule has 4 aromatic rings. The lowest BCUT2D eigenvalue weighted by Gasteiger charge is -2.04. The number of allylic oxidation sites excluding steroid dienone is 1. The maximum absolute atomic E-state index is 8.95. The van der Waals surface area contributed by atoms with E-state index in [1.807, 2.05) is 6.07 Å². The summed E-state index contributed by atoms with van der Waals surface area (Å²) in [6.45, 7) is 1.01. The van der Waals surface area contributed by atoms with Gasteiger partial charge < -0.3 is 10.4 Å². The number of aliphatic imine (C=N–C) groups is 1. The number of fused-ring (bicyclic) bond motifs is 2. The fourth-order valence-electron chi connectivity index (χ4n) is 2.77. The first-order chi connectivity index (χ1) is 13.8. The average Bonchev–Trinajstić information content (AvgIpc) is 3.32. The molecule has 0 aromatic carbocycles. The number of thiophene rings is 1. The molecule has 4 aromatic heterocycles. The van der Waals surface area contributed by atoms with Crippen LogP contribution in [0.3, 0.4) is 0 Å². The van der Waals surface area contributed by atoms with Crippen molar-refractivity contribution >= 4 is 44.6 Å². The maximum Gasteiger partial charge on any atom is 0.221 e. The number of hydrogen-bond acceptors (Lipinski definition) is 9. The highest BCUT2D eigenvalue weighted by Crippen LogP contribution is 2.25. The first-order valence-corrected chi connectivity index (χ1v) is 9.52. The van der Waals surface area contributed by atoms with E-state index >= 15 is 0 Å². The Kier molecular flexibility index (Phi) is 5.31. The van der Waals surface area contributed by atoms with Gasteiger partial charge in [0.15, 0.2) is 5.65 Å². The molecule has 2 N–H and O–H groups in total. The molecule has 0 aliphatic carbocycles. The van der Waals surface area contributed by atoms with Crippen LogP contribution in [0.1, 0.15) is 11.3 Å². The Morgan fingerprint density at radius 2 is 2.32 bits per heavy atom. The second kappa shape index (κ2) is 8.19. The van der Waals surface area contributed by atoms with Crippen LogP contribution in [0.2, 0.25) is 0 Å². The highest BCUT2D eigenvalue weighted by atomic mass is 32.1. The Hall–Kier alpha value is -3.24. The minimum Gasteiger partial charge on any atom is -0.395 e. The summed E-state index contributed by atoms with van der Waals surface area (Å²) < 4.78 is 1.74. The van der Waals surface area contributed by atoms with Crippen molar-refractivity contribution in [3.05, 3.63) is 47.4 Å². The molecule has 0 saturated heterocycles. The zero-order valence-corrected chi connectivity index (χ0v) is 16.0. The van der Waals surface area contributed by atoms with Crippen LogP contribution in [0.5, 0.6) is 0 Å². The number of hydrogen-bond donors (Lipinski definition) is 2. The Balaban J connectivity index is 1.70. The van der Waals surface area contributed by atoms with E-state index < -0.39 is 0 Å². The largest absolute Gasteiger partial charge is 0.395 e. The third-order valence-corrected chi connectivity index (χ3v) is 5.01. The van der Waals surface area contributed by atoms with Crippen molar-refractivity contribution < 1.29 is 5.11 Å². The van der Waals surface area contributed by atoms with Gasteiger partial charge in [0.25, 0.3) is 0 Å². The zero-order valence-electron chi connectivity index (χ0n) is 15.1. The summed E-state index contributed by atoms with van der Waals surface area (Å²) in [6, 6.07) is 3.98. The second-order valence-corrected chi connectivity index (χ2v) is 6.79. The number of aromatic nitrogens is 6. The van der Waals surface area contributed by atoms with Crippen LogP contribution >= 0.6 is 11.3 Å². The van der Waals surface area contributed by atoms with Gasteiger partial charge in [-0.1, -0.05) is 11.3 Å². The van der Waals surface area contributed by atoms with Gasteiger partial charge in [0.05, 0.1) is 25.0 Å². The highest BCUT2D eigenvalue weighted by Gasteiger charge is 2.13. The van der Waals surface area contributed by atoms with Crippen molar-refractivity contribution in [2.75, 3.05) is 20.2 Å². The SMILES string of the molecule is CN=CC(=CNCCO)c1cnc2nnn(Cc3csc4ncccc34)c2n1. The molecule has 0 aliphatic rings. The van der Waals surface area contributed by atoms with Gasteiger partial charge in [0.2, 0.25) is 5.65 Å². The second-order valence-electron chi connectivity index (χ2n) is 5.93. The first-order valence-electron chi connectivity index (χ1n) is 8.64. The molecule has 0 unspecified atom stereocenters. The summed E-state index contributed by atoms with van der Waals surface area (Å²) in [7, 11) is 1.69. The molecule has 10 heteroatoms. The lowest BCUT2D eigenvalue weighted by Crippen LogP contribution is -2.12. The predicted octanol–water partition coefficient (Wildman–Crippen LogP) is 1.50. The summed E-state index contributed by atoms with van der Waals surface area (Å²) in [5, 5.41) is 23.5. The Labute approximate surface area is 164 Å². The Morgan fingerprint density at radius 1 is 1.39 bits per heavy atom. The summed E-state index contributed by atoms with van der Waals surface area (Å²) in [5.41, 5.74) is 3.59. The number of aliphatic hydroxyl groups is 1. The van der Waals surface area contributed by atoms with E-state index in [2.05, 4.69) is 42.0 Å². The van der Waals surface area contributed by atoms with E-state index in [1.54, 1.807) is 47.9 Å². The van der Waals surface area contributed by atoms with Crippen LogP contribution < -0.4 is 5.32 Å². The molecule has 0 amide bonds. The standard InChI is InChI=1S/C18H18N8OS/c1-19-7-12(8-20-5-6-27)15-9-22-16-17(23-15)26(25-24-16)10-13-11-28-18-14(13)3-2-4-21-18/h2-4,7-9,11,20,27H,5-6,10H2,1H3. The molecule has 0 atom stereocenters. The number of pyridine rings is 1. The summed E-state index contributed by atoms with van der Waals surface area (Å²) in [5.74, 6) is 0. The normalized spacial score (nSPS) is 12.4. The molecule has 0 aliphatic heterocycles. The smallest absolute Gasteiger partial charge is 0.221 e. The van der Waals surface area contributed by atoms with Crippen LogP contribution in [0.4, 0.5) is 0 Å². The first kappa shape index (κ1) is 18.1. The summed E-state index contributed by atoms with van der Waals surface area (Å²) >= 11 is 1.60. The predicted molar refractivity (Wildman–Crippen MR) is 109 cm³/mol. The Bertz CT molecular complexity index is 1160. The number of nitrogens with zero attached hydrogens (tertiary/aromatic N) is 7. The van der Waals surface area contributed by atoms with Gasteiger partial charge in [0, 0.05) is 43.2 Å². The molecular weight excluding hydrogens is 376 g/mol. The molecular formula is C18H18N8OS. The van der Waals surface area contributed by atoms with Crippen molar-refractivity contribution in [1.82, 2.24) is 35.3 Å². The molecule has 142 valence electrons. The third-order valence-electron chi connectivity index (χ3n) is 4.06. The van der Waals surface area contributed by atoms with Crippen LogP contribution in [0.25, 0.3) is 27.1 Å². The summed E-state index contributed by atoms with van der Waals surface area (Å²) in [4.78, 5) is 18.5. The van der Waals surface area contributed by atoms with Crippen molar-refractivity contribution in [1.29, 1.82) is 0 Å². The van der Waals surface area contributed by atoms with E-state index in [9.17, 15) is 0 Å². The minimum absolute atomic E-state index is 0.0396. The van der Waals surface area contributed by atoms with Gasteiger partial charge in [-0.15, -0.1) is 16.4 Å². The van der Waals surface area contributed by atoms with Crippen LogP contribution in [-0.2, 0) is 6.54 Å². The zero-order chi connectivity index (χ0) is 19.3. The van der Waals surface area contributed by atoms with Gasteiger partial charge in [-0.2, -0.15) is 0 Å². The van der Waals surface area contributed by atoms with Gasteiger partial charge in [-0.3, -0.25) is 4.99 Å². The minimum atomic E-state index is 0.0396. The fraction of sp³-hybridized carbons (Fsp3) is 0.222. The fourth-order valence-corrected chi connectivity index (χ4v) is 3.67. The molecule has 0 fully saturated rings. The van der Waals surface area contributed by atoms with Crippen LogP contribution in [-0.4, -0.2) is 61.5 Å². The van der Waals surface area contributed by atoms with E-state index in [1.165, 1.54) is 0 Å². The van der Waals surface area contributed by atoms with E-state index in [4.69, 9.17) is 10.1 Å². The lowest BCUT2D eigenvalue weighted by atomic mass is 10.2.